The van der Waals surface area contributed by atoms with E-state index in [1.807, 2.05) is 0 Å². The first-order chi connectivity index (χ1) is 7.50. The van der Waals surface area contributed by atoms with E-state index in [0.717, 1.165) is 25.7 Å². The molecule has 2 unspecified atom stereocenters. The summed E-state index contributed by atoms with van der Waals surface area (Å²) in [5, 5.41) is 10.1. The fourth-order valence-corrected chi connectivity index (χ4v) is 6.19. The molecule has 1 aliphatic carbocycles. The van der Waals surface area contributed by atoms with Crippen molar-refractivity contribution >= 4 is 9.84 Å². The standard InChI is InChI=1S/C12H20O3S/c13-12(6-9-4-5-9)7-10-2-1-3-11(8-12)16(10,14)15/h9-11,13H,1-8H2. The molecule has 0 aromatic rings. The maximum Gasteiger partial charge on any atom is 0.156 e. The van der Waals surface area contributed by atoms with Crippen molar-refractivity contribution in [2.45, 2.75) is 67.5 Å². The molecule has 2 atom stereocenters. The van der Waals surface area contributed by atoms with E-state index in [9.17, 15) is 13.5 Å². The summed E-state index contributed by atoms with van der Waals surface area (Å²) >= 11 is 0. The second-order valence-corrected chi connectivity index (χ2v) is 8.56. The Labute approximate surface area is 97.2 Å². The van der Waals surface area contributed by atoms with Crippen LogP contribution in [0.4, 0.5) is 0 Å². The lowest BCUT2D eigenvalue weighted by molar-refractivity contribution is -0.00320. The quantitative estimate of drug-likeness (QED) is 0.803. The fourth-order valence-electron chi connectivity index (χ4n) is 3.57. The molecule has 92 valence electrons. The van der Waals surface area contributed by atoms with Crippen LogP contribution in [0.2, 0.25) is 0 Å². The van der Waals surface area contributed by atoms with Gasteiger partial charge >= 0.3 is 0 Å². The maximum atomic E-state index is 12.1. The Morgan fingerprint density at radius 3 is 2.12 bits per heavy atom. The van der Waals surface area contributed by atoms with Gasteiger partial charge in [-0.05, 0) is 38.0 Å². The number of hydrogen-bond donors (Lipinski definition) is 1. The summed E-state index contributed by atoms with van der Waals surface area (Å²) in [6.45, 7) is 0. The van der Waals surface area contributed by atoms with Crippen molar-refractivity contribution in [1.82, 2.24) is 0 Å². The van der Waals surface area contributed by atoms with Crippen molar-refractivity contribution in [1.29, 1.82) is 0 Å². The van der Waals surface area contributed by atoms with Crippen molar-refractivity contribution < 1.29 is 13.5 Å². The normalized spacial score (nSPS) is 46.6. The molecule has 0 spiro atoms. The molecule has 3 fully saturated rings. The van der Waals surface area contributed by atoms with E-state index in [1.165, 1.54) is 12.8 Å². The molecular weight excluding hydrogens is 224 g/mol. The first-order valence-electron chi connectivity index (χ1n) is 6.45. The molecular formula is C12H20O3S. The summed E-state index contributed by atoms with van der Waals surface area (Å²) in [4.78, 5) is 0. The third kappa shape index (κ3) is 1.80. The molecule has 4 heteroatoms. The van der Waals surface area contributed by atoms with Gasteiger partial charge < -0.3 is 5.11 Å². The molecule has 16 heavy (non-hydrogen) atoms. The van der Waals surface area contributed by atoms with Crippen LogP contribution in [0, 0.1) is 5.92 Å². The third-order valence-corrected chi connectivity index (χ3v) is 7.23. The number of fused-ring (bicyclic) bond motifs is 2. The minimum atomic E-state index is -2.91. The van der Waals surface area contributed by atoms with Crippen LogP contribution < -0.4 is 0 Å². The molecule has 3 rings (SSSR count). The molecule has 3 nitrogen and oxygen atoms in total. The Kier molecular flexibility index (Phi) is 2.38. The summed E-state index contributed by atoms with van der Waals surface area (Å²) in [7, 11) is -2.91. The van der Waals surface area contributed by atoms with E-state index >= 15 is 0 Å². The Bertz CT molecular complexity index is 363. The zero-order chi connectivity index (χ0) is 11.4. The molecule has 2 heterocycles. The van der Waals surface area contributed by atoms with E-state index in [2.05, 4.69) is 0 Å². The molecule has 2 saturated heterocycles. The summed E-state index contributed by atoms with van der Waals surface area (Å²) < 4.78 is 24.1. The predicted octanol–water partition coefficient (Wildman–Crippen LogP) is 1.65. The van der Waals surface area contributed by atoms with Crippen LogP contribution in [0.25, 0.3) is 0 Å². The largest absolute Gasteiger partial charge is 0.390 e. The number of hydrogen-bond acceptors (Lipinski definition) is 3. The molecule has 2 bridgehead atoms. The highest BCUT2D eigenvalue weighted by molar-refractivity contribution is 7.92. The van der Waals surface area contributed by atoms with Gasteiger partial charge in [-0.3, -0.25) is 0 Å². The first kappa shape index (κ1) is 11.0. The Morgan fingerprint density at radius 2 is 1.62 bits per heavy atom. The predicted molar refractivity (Wildman–Crippen MR) is 61.9 cm³/mol. The topological polar surface area (TPSA) is 54.4 Å². The van der Waals surface area contributed by atoms with E-state index in [-0.39, 0.29) is 10.5 Å². The van der Waals surface area contributed by atoms with Gasteiger partial charge in [0.1, 0.15) is 0 Å². The molecule has 0 aromatic heterocycles. The lowest BCUT2D eigenvalue weighted by Gasteiger charge is -2.44. The summed E-state index contributed by atoms with van der Waals surface area (Å²) in [5.74, 6) is 0.673. The van der Waals surface area contributed by atoms with E-state index in [1.54, 1.807) is 0 Å². The Balaban J connectivity index is 1.82. The van der Waals surface area contributed by atoms with Crippen LogP contribution in [-0.2, 0) is 9.84 Å². The van der Waals surface area contributed by atoms with Crippen LogP contribution in [0.15, 0.2) is 0 Å². The van der Waals surface area contributed by atoms with Gasteiger partial charge in [0.15, 0.2) is 9.84 Å². The maximum absolute atomic E-state index is 12.1. The highest BCUT2D eigenvalue weighted by Gasteiger charge is 2.51. The van der Waals surface area contributed by atoms with Gasteiger partial charge in [-0.1, -0.05) is 19.3 Å². The average molecular weight is 244 g/mol. The summed E-state index contributed by atoms with van der Waals surface area (Å²) in [6, 6.07) is 0. The number of rotatable bonds is 2. The Hall–Kier alpha value is -0.0900. The lowest BCUT2D eigenvalue weighted by atomic mass is 9.82. The van der Waals surface area contributed by atoms with Gasteiger partial charge in [0.05, 0.1) is 16.1 Å². The van der Waals surface area contributed by atoms with Crippen molar-refractivity contribution in [2.24, 2.45) is 5.92 Å². The lowest BCUT2D eigenvalue weighted by Crippen LogP contribution is -2.51. The monoisotopic (exact) mass is 244 g/mol. The highest BCUT2D eigenvalue weighted by atomic mass is 32.2. The molecule has 3 aliphatic rings. The van der Waals surface area contributed by atoms with E-state index in [0.29, 0.717) is 18.8 Å². The van der Waals surface area contributed by atoms with Crippen molar-refractivity contribution in [3.05, 3.63) is 0 Å². The minimum absolute atomic E-state index is 0.247. The van der Waals surface area contributed by atoms with Crippen LogP contribution in [0.3, 0.4) is 0 Å². The van der Waals surface area contributed by atoms with Gasteiger partial charge in [-0.25, -0.2) is 8.42 Å². The molecule has 0 amide bonds. The fraction of sp³-hybridized carbons (Fsp3) is 1.00. The highest BCUT2D eigenvalue weighted by Crippen LogP contribution is 2.47. The van der Waals surface area contributed by atoms with E-state index in [4.69, 9.17) is 0 Å². The SMILES string of the molecule is O=S1(=O)C2CCCC1CC(O)(CC1CC1)C2. The van der Waals surface area contributed by atoms with Crippen LogP contribution in [0.5, 0.6) is 0 Å². The number of sulfone groups is 1. The molecule has 1 N–H and O–H groups in total. The van der Waals surface area contributed by atoms with Crippen molar-refractivity contribution in [3.63, 3.8) is 0 Å². The van der Waals surface area contributed by atoms with Gasteiger partial charge in [0.2, 0.25) is 0 Å². The van der Waals surface area contributed by atoms with Gasteiger partial charge in [0.25, 0.3) is 0 Å². The second kappa shape index (κ2) is 3.45. The molecule has 2 aliphatic heterocycles. The third-order valence-electron chi connectivity index (χ3n) is 4.56. The number of aliphatic hydroxyl groups is 1. The van der Waals surface area contributed by atoms with Gasteiger partial charge in [-0.15, -0.1) is 0 Å². The summed E-state index contributed by atoms with van der Waals surface area (Å²) in [5.41, 5.74) is -0.664. The molecule has 0 radical (unpaired) electrons. The van der Waals surface area contributed by atoms with Crippen molar-refractivity contribution in [2.75, 3.05) is 0 Å². The minimum Gasteiger partial charge on any atom is -0.390 e. The van der Waals surface area contributed by atoms with Gasteiger partial charge in [-0.2, -0.15) is 0 Å². The van der Waals surface area contributed by atoms with E-state index < -0.39 is 15.4 Å². The average Bonchev–Trinajstić information content (AvgIpc) is 2.92. The van der Waals surface area contributed by atoms with Crippen LogP contribution >= 0.6 is 0 Å². The molecule has 1 saturated carbocycles. The van der Waals surface area contributed by atoms with Crippen molar-refractivity contribution in [3.8, 4) is 0 Å². The molecule has 0 aromatic carbocycles. The van der Waals surface area contributed by atoms with Crippen LogP contribution in [0.1, 0.15) is 51.4 Å². The Morgan fingerprint density at radius 1 is 1.06 bits per heavy atom. The first-order valence-corrected chi connectivity index (χ1v) is 8.06. The second-order valence-electron chi connectivity index (χ2n) is 6.04. The van der Waals surface area contributed by atoms with Crippen LogP contribution in [-0.4, -0.2) is 29.6 Å². The summed E-state index contributed by atoms with van der Waals surface area (Å²) in [6.07, 6.45) is 6.86. The smallest absolute Gasteiger partial charge is 0.156 e. The zero-order valence-corrected chi connectivity index (χ0v) is 10.4. The zero-order valence-electron chi connectivity index (χ0n) is 9.56. The van der Waals surface area contributed by atoms with Gasteiger partial charge in [0, 0.05) is 0 Å².